The molecule has 0 unspecified atom stereocenters. The molecule has 0 saturated carbocycles. The SMILES string of the molecule is [O-][n+]1nc(-c2ccccc2)cc2ccccc21. The van der Waals surface area contributed by atoms with E-state index in [1.54, 1.807) is 6.07 Å². The number of aromatic nitrogens is 2. The monoisotopic (exact) mass is 222 g/mol. The van der Waals surface area contributed by atoms with Gasteiger partial charge in [0.2, 0.25) is 0 Å². The summed E-state index contributed by atoms with van der Waals surface area (Å²) in [6.07, 6.45) is 0. The van der Waals surface area contributed by atoms with Crippen LogP contribution in [0.5, 0.6) is 0 Å². The van der Waals surface area contributed by atoms with Crippen LogP contribution in [0, 0.1) is 5.21 Å². The topological polar surface area (TPSA) is 39.8 Å². The van der Waals surface area contributed by atoms with Crippen LogP contribution in [0.25, 0.3) is 22.2 Å². The van der Waals surface area contributed by atoms with Crippen molar-refractivity contribution in [3.63, 3.8) is 0 Å². The van der Waals surface area contributed by atoms with Gasteiger partial charge in [0.15, 0.2) is 0 Å². The zero-order valence-electron chi connectivity index (χ0n) is 9.08. The summed E-state index contributed by atoms with van der Waals surface area (Å²) < 4.78 is 0. The van der Waals surface area contributed by atoms with Crippen LogP contribution in [-0.4, -0.2) is 5.10 Å². The maximum absolute atomic E-state index is 11.8. The fourth-order valence-electron chi connectivity index (χ4n) is 1.86. The van der Waals surface area contributed by atoms with Crippen molar-refractivity contribution in [1.29, 1.82) is 0 Å². The highest BCUT2D eigenvalue weighted by molar-refractivity contribution is 5.79. The molecule has 0 amide bonds. The van der Waals surface area contributed by atoms with E-state index in [1.807, 2.05) is 54.6 Å². The third kappa shape index (κ3) is 1.72. The van der Waals surface area contributed by atoms with E-state index in [0.29, 0.717) is 16.1 Å². The van der Waals surface area contributed by atoms with E-state index in [9.17, 15) is 5.21 Å². The highest BCUT2D eigenvalue weighted by Crippen LogP contribution is 2.18. The van der Waals surface area contributed by atoms with Gasteiger partial charge in [-0.2, -0.15) is 0 Å². The van der Waals surface area contributed by atoms with Crippen LogP contribution >= 0.6 is 0 Å². The second-order valence-corrected chi connectivity index (χ2v) is 3.83. The number of para-hydroxylation sites is 1. The second kappa shape index (κ2) is 3.87. The van der Waals surface area contributed by atoms with Crippen molar-refractivity contribution in [2.24, 2.45) is 0 Å². The van der Waals surface area contributed by atoms with E-state index in [2.05, 4.69) is 5.10 Å². The van der Waals surface area contributed by atoms with Gasteiger partial charge in [0.1, 0.15) is 5.69 Å². The van der Waals surface area contributed by atoms with Gasteiger partial charge < -0.3 is 5.21 Å². The molecule has 0 radical (unpaired) electrons. The maximum Gasteiger partial charge on any atom is 0.252 e. The van der Waals surface area contributed by atoms with Gasteiger partial charge in [-0.25, -0.2) is 0 Å². The Morgan fingerprint density at radius 1 is 0.882 bits per heavy atom. The van der Waals surface area contributed by atoms with E-state index < -0.39 is 0 Å². The van der Waals surface area contributed by atoms with Crippen molar-refractivity contribution in [2.75, 3.05) is 0 Å². The Bertz CT molecular complexity index is 665. The van der Waals surface area contributed by atoms with Gasteiger partial charge in [-0.1, -0.05) is 42.5 Å². The van der Waals surface area contributed by atoms with Crippen molar-refractivity contribution < 1.29 is 4.85 Å². The molecule has 3 heteroatoms. The predicted molar refractivity (Wildman–Crippen MR) is 66.1 cm³/mol. The lowest BCUT2D eigenvalue weighted by molar-refractivity contribution is -0.641. The van der Waals surface area contributed by atoms with Crippen LogP contribution in [-0.2, 0) is 0 Å². The zero-order chi connectivity index (χ0) is 11.7. The molecule has 0 saturated heterocycles. The van der Waals surface area contributed by atoms with Crippen LogP contribution in [0.4, 0.5) is 0 Å². The molecule has 0 aliphatic rings. The van der Waals surface area contributed by atoms with Gasteiger partial charge in [0.05, 0.1) is 5.39 Å². The largest absolute Gasteiger partial charge is 0.594 e. The average Bonchev–Trinajstić information content (AvgIpc) is 2.40. The Balaban J connectivity index is 2.26. The summed E-state index contributed by atoms with van der Waals surface area (Å²) in [6, 6.07) is 19.0. The minimum absolute atomic E-state index is 0.590. The van der Waals surface area contributed by atoms with Gasteiger partial charge in [-0.15, -0.1) is 0 Å². The van der Waals surface area contributed by atoms with Crippen LogP contribution < -0.4 is 4.85 Å². The Morgan fingerprint density at radius 2 is 1.59 bits per heavy atom. The number of hydrogen-bond donors (Lipinski definition) is 0. The minimum atomic E-state index is 0.590. The third-order valence-electron chi connectivity index (χ3n) is 2.70. The third-order valence-corrected chi connectivity index (χ3v) is 2.70. The van der Waals surface area contributed by atoms with Crippen molar-refractivity contribution in [3.8, 4) is 11.3 Å². The normalized spacial score (nSPS) is 10.6. The number of rotatable bonds is 1. The molecule has 0 aliphatic carbocycles. The summed E-state index contributed by atoms with van der Waals surface area (Å²) in [5, 5.41) is 16.7. The molecule has 0 fully saturated rings. The molecule has 1 aromatic heterocycles. The molecular formula is C14H10N2O. The van der Waals surface area contributed by atoms with Gasteiger partial charge in [0.25, 0.3) is 5.52 Å². The second-order valence-electron chi connectivity index (χ2n) is 3.83. The van der Waals surface area contributed by atoms with E-state index >= 15 is 0 Å². The Morgan fingerprint density at radius 3 is 2.41 bits per heavy atom. The standard InChI is InChI=1S/C14H10N2O/c17-16-14-9-5-4-8-12(14)10-13(15-16)11-6-2-1-3-7-11/h1-10H. The molecule has 82 valence electrons. The molecule has 0 aliphatic heterocycles. The summed E-state index contributed by atoms with van der Waals surface area (Å²) in [5.41, 5.74) is 2.23. The summed E-state index contributed by atoms with van der Waals surface area (Å²) in [4.78, 5) is 0.678. The van der Waals surface area contributed by atoms with Gasteiger partial charge >= 0.3 is 0 Å². The van der Waals surface area contributed by atoms with Crippen LogP contribution in [0.1, 0.15) is 0 Å². The molecule has 2 aromatic carbocycles. The molecule has 17 heavy (non-hydrogen) atoms. The molecule has 0 spiro atoms. The first-order valence-corrected chi connectivity index (χ1v) is 5.40. The fraction of sp³-hybridized carbons (Fsp3) is 0. The van der Waals surface area contributed by atoms with Crippen molar-refractivity contribution in [3.05, 3.63) is 65.9 Å². The first-order valence-electron chi connectivity index (χ1n) is 5.40. The maximum atomic E-state index is 11.8. The first kappa shape index (κ1) is 9.78. The number of hydrogen-bond acceptors (Lipinski definition) is 2. The highest BCUT2D eigenvalue weighted by atomic mass is 16.5. The highest BCUT2D eigenvalue weighted by Gasteiger charge is 2.09. The molecule has 0 bridgehead atoms. The van der Waals surface area contributed by atoms with E-state index in [0.717, 1.165) is 10.9 Å². The lowest BCUT2D eigenvalue weighted by Crippen LogP contribution is -2.32. The minimum Gasteiger partial charge on any atom is -0.594 e. The van der Waals surface area contributed by atoms with Crippen molar-refractivity contribution >= 4 is 10.9 Å². The number of fused-ring (bicyclic) bond motifs is 1. The molecular weight excluding hydrogens is 212 g/mol. The fourth-order valence-corrected chi connectivity index (χ4v) is 1.86. The Hall–Kier alpha value is -2.42. The number of nitrogens with zero attached hydrogens (tertiary/aromatic N) is 2. The Kier molecular flexibility index (Phi) is 2.22. The van der Waals surface area contributed by atoms with Crippen molar-refractivity contribution in [1.82, 2.24) is 5.10 Å². The summed E-state index contributed by atoms with van der Waals surface area (Å²) in [7, 11) is 0. The average molecular weight is 222 g/mol. The first-order chi connectivity index (χ1) is 8.34. The van der Waals surface area contributed by atoms with Crippen LogP contribution in [0.3, 0.4) is 0 Å². The molecule has 0 N–H and O–H groups in total. The molecule has 0 atom stereocenters. The lowest BCUT2D eigenvalue weighted by Gasteiger charge is -2.02. The van der Waals surface area contributed by atoms with Crippen molar-refractivity contribution in [2.45, 2.75) is 0 Å². The molecule has 1 heterocycles. The van der Waals surface area contributed by atoms with Gasteiger partial charge in [-0.05, 0) is 17.0 Å². The molecule has 3 rings (SSSR count). The summed E-state index contributed by atoms with van der Waals surface area (Å²) in [6.45, 7) is 0. The Labute approximate surface area is 98.5 Å². The smallest absolute Gasteiger partial charge is 0.252 e. The zero-order valence-corrected chi connectivity index (χ0v) is 9.08. The van der Waals surface area contributed by atoms with E-state index in [4.69, 9.17) is 0 Å². The quantitative estimate of drug-likeness (QED) is 0.469. The van der Waals surface area contributed by atoms with Gasteiger partial charge in [0, 0.05) is 16.7 Å². The summed E-state index contributed by atoms with van der Waals surface area (Å²) >= 11 is 0. The van der Waals surface area contributed by atoms with Crippen LogP contribution in [0.15, 0.2) is 60.7 Å². The summed E-state index contributed by atoms with van der Waals surface area (Å²) in [5.74, 6) is 0. The van der Waals surface area contributed by atoms with E-state index in [1.165, 1.54) is 0 Å². The lowest BCUT2D eigenvalue weighted by atomic mass is 10.1. The molecule has 3 aromatic rings. The predicted octanol–water partition coefficient (Wildman–Crippen LogP) is 2.54. The van der Waals surface area contributed by atoms with Crippen LogP contribution in [0.2, 0.25) is 0 Å². The van der Waals surface area contributed by atoms with Gasteiger partial charge in [-0.3, -0.25) is 0 Å². The molecule has 3 nitrogen and oxygen atoms in total. The van der Waals surface area contributed by atoms with E-state index in [-0.39, 0.29) is 0 Å². The number of benzene rings is 2.